The largest absolute Gasteiger partial charge is 0.0879 e. The highest BCUT2D eigenvalue weighted by Crippen LogP contribution is 2.03. The van der Waals surface area contributed by atoms with Crippen LogP contribution in [0.3, 0.4) is 0 Å². The van der Waals surface area contributed by atoms with Crippen LogP contribution in [0.4, 0.5) is 0 Å². The Labute approximate surface area is 104 Å². The van der Waals surface area contributed by atoms with E-state index in [4.69, 9.17) is 11.6 Å². The molecule has 0 nitrogen and oxygen atoms in total. The number of hydrogen-bond donors (Lipinski definition) is 0. The highest BCUT2D eigenvalue weighted by atomic mass is 35.5. The molecule has 82 valence electrons. The number of hydrogen-bond acceptors (Lipinski definition) is 0. The Bertz CT molecular complexity index is 480. The van der Waals surface area contributed by atoms with E-state index in [9.17, 15) is 0 Å². The van der Waals surface area contributed by atoms with E-state index in [1.165, 1.54) is 15.9 Å². The van der Waals surface area contributed by atoms with Crippen molar-refractivity contribution >= 4 is 31.5 Å². The van der Waals surface area contributed by atoms with E-state index in [2.05, 4.69) is 43.3 Å². The first-order chi connectivity index (χ1) is 7.79. The molecule has 0 atom stereocenters. The molecule has 0 saturated heterocycles. The van der Waals surface area contributed by atoms with Gasteiger partial charge in [-0.15, -0.1) is 0 Å². The summed E-state index contributed by atoms with van der Waals surface area (Å²) in [5.74, 6) is 0. The first-order valence-corrected chi connectivity index (χ1v) is 7.40. The Morgan fingerprint density at radius 3 is 2.62 bits per heavy atom. The first kappa shape index (κ1) is 11.4. The van der Waals surface area contributed by atoms with Crippen LogP contribution in [0.15, 0.2) is 48.5 Å². The van der Waals surface area contributed by atoms with Crippen LogP contribution >= 0.6 is 11.6 Å². The molecule has 2 rings (SSSR count). The van der Waals surface area contributed by atoms with Crippen molar-refractivity contribution in [1.82, 2.24) is 0 Å². The molecule has 0 bridgehead atoms. The third-order valence-corrected chi connectivity index (χ3v) is 4.94. The molecule has 0 unspecified atom stereocenters. The molecule has 0 aliphatic carbocycles. The lowest BCUT2D eigenvalue weighted by Gasteiger charge is -2.07. The molecule has 2 aromatic carbocycles. The minimum Gasteiger partial charge on any atom is -0.0843 e. The summed E-state index contributed by atoms with van der Waals surface area (Å²) in [6.45, 7) is 2.21. The van der Waals surface area contributed by atoms with Crippen molar-refractivity contribution in [3.05, 3.63) is 59.1 Å². The van der Waals surface area contributed by atoms with Gasteiger partial charge in [0.2, 0.25) is 0 Å². The van der Waals surface area contributed by atoms with E-state index >= 15 is 0 Å². The van der Waals surface area contributed by atoms with Gasteiger partial charge in [0.1, 0.15) is 0 Å². The first-order valence-electron chi connectivity index (χ1n) is 5.61. The fraction of sp³-hybridized carbons (Fsp3) is 0.143. The van der Waals surface area contributed by atoms with Crippen LogP contribution in [0.5, 0.6) is 0 Å². The van der Waals surface area contributed by atoms with Gasteiger partial charge in [0, 0.05) is 5.02 Å². The number of benzene rings is 2. The van der Waals surface area contributed by atoms with Crippen LogP contribution in [0, 0.1) is 0 Å². The molecule has 0 spiro atoms. The van der Waals surface area contributed by atoms with Gasteiger partial charge in [0.15, 0.2) is 0 Å². The summed E-state index contributed by atoms with van der Waals surface area (Å²) >= 11 is 6.01. The van der Waals surface area contributed by atoms with Crippen LogP contribution < -0.4 is 10.4 Å². The average molecular weight is 247 g/mol. The van der Waals surface area contributed by atoms with Crippen molar-refractivity contribution in [1.29, 1.82) is 0 Å². The third-order valence-electron chi connectivity index (χ3n) is 2.78. The molecule has 0 N–H and O–H groups in total. The number of rotatable bonds is 3. The molecule has 0 fully saturated rings. The molecule has 0 aromatic heterocycles. The molecule has 0 heterocycles. The Balaban J connectivity index is 2.26. The van der Waals surface area contributed by atoms with Crippen molar-refractivity contribution in [2.45, 2.75) is 13.3 Å². The molecule has 2 heteroatoms. The van der Waals surface area contributed by atoms with E-state index in [1.54, 1.807) is 0 Å². The lowest BCUT2D eigenvalue weighted by Crippen LogP contribution is -2.29. The summed E-state index contributed by atoms with van der Waals surface area (Å²) in [6.07, 6.45) is 1.11. The van der Waals surface area contributed by atoms with Gasteiger partial charge in [0.05, 0.1) is 9.52 Å². The lowest BCUT2D eigenvalue weighted by molar-refractivity contribution is 1.15. The van der Waals surface area contributed by atoms with E-state index in [-0.39, 0.29) is 9.52 Å². The zero-order valence-electron chi connectivity index (χ0n) is 9.41. The predicted molar refractivity (Wildman–Crippen MR) is 75.1 cm³/mol. The standard InChI is InChI=1S/C14H15ClSi/c1-2-11-6-3-4-9-14(11)16-13-8-5-7-12(15)10-13/h3-10H,2,16H2,1H3. The Morgan fingerprint density at radius 2 is 1.88 bits per heavy atom. The summed E-state index contributed by atoms with van der Waals surface area (Å²) in [7, 11) is -0.380. The smallest absolute Gasteiger partial charge is 0.0843 e. The van der Waals surface area contributed by atoms with Gasteiger partial charge in [0.25, 0.3) is 0 Å². The third kappa shape index (κ3) is 2.74. The van der Waals surface area contributed by atoms with E-state index in [1.807, 2.05) is 12.1 Å². The molecular weight excluding hydrogens is 232 g/mol. The summed E-state index contributed by atoms with van der Waals surface area (Å²) in [4.78, 5) is 0. The average Bonchev–Trinajstić information content (AvgIpc) is 2.30. The highest BCUT2D eigenvalue weighted by molar-refractivity contribution is 6.68. The number of halogens is 1. The van der Waals surface area contributed by atoms with Crippen LogP contribution in [-0.2, 0) is 6.42 Å². The fourth-order valence-corrected chi connectivity index (χ4v) is 4.15. The van der Waals surface area contributed by atoms with Crippen molar-refractivity contribution in [3.8, 4) is 0 Å². The topological polar surface area (TPSA) is 0 Å². The quantitative estimate of drug-likeness (QED) is 0.727. The summed E-state index contributed by atoms with van der Waals surface area (Å²) in [5.41, 5.74) is 1.48. The lowest BCUT2D eigenvalue weighted by atomic mass is 10.2. The van der Waals surface area contributed by atoms with Gasteiger partial charge in [-0.1, -0.05) is 65.3 Å². The second-order valence-corrected chi connectivity index (χ2v) is 6.30. The maximum Gasteiger partial charge on any atom is 0.0879 e. The normalized spacial score (nSPS) is 11.1. The zero-order valence-corrected chi connectivity index (χ0v) is 11.6. The zero-order chi connectivity index (χ0) is 11.4. The maximum absolute atomic E-state index is 6.01. The summed E-state index contributed by atoms with van der Waals surface area (Å²) in [6, 6.07) is 17.0. The van der Waals surface area contributed by atoms with E-state index < -0.39 is 0 Å². The van der Waals surface area contributed by atoms with E-state index in [0.717, 1.165) is 11.4 Å². The Hall–Kier alpha value is -1.05. The highest BCUT2D eigenvalue weighted by Gasteiger charge is 2.02. The van der Waals surface area contributed by atoms with Gasteiger partial charge in [-0.2, -0.15) is 0 Å². The summed E-state index contributed by atoms with van der Waals surface area (Å²) < 4.78 is 0. The monoisotopic (exact) mass is 246 g/mol. The second-order valence-electron chi connectivity index (χ2n) is 3.93. The Kier molecular flexibility index (Phi) is 3.81. The van der Waals surface area contributed by atoms with Crippen molar-refractivity contribution in [2.24, 2.45) is 0 Å². The minimum absolute atomic E-state index is 0.380. The fourth-order valence-electron chi connectivity index (χ4n) is 1.94. The molecule has 16 heavy (non-hydrogen) atoms. The molecule has 0 saturated carbocycles. The molecular formula is C14H15ClSi. The molecule has 0 amide bonds. The number of aryl methyl sites for hydroxylation is 1. The van der Waals surface area contributed by atoms with Gasteiger partial charge < -0.3 is 0 Å². The predicted octanol–water partition coefficient (Wildman–Crippen LogP) is 2.02. The molecule has 2 aromatic rings. The second kappa shape index (κ2) is 5.33. The SMILES string of the molecule is CCc1ccccc1[SiH2]c1cccc(Cl)c1. The molecule has 0 aliphatic rings. The van der Waals surface area contributed by atoms with E-state index in [0.29, 0.717) is 0 Å². The van der Waals surface area contributed by atoms with Crippen molar-refractivity contribution in [3.63, 3.8) is 0 Å². The van der Waals surface area contributed by atoms with Gasteiger partial charge in [-0.25, -0.2) is 0 Å². The van der Waals surface area contributed by atoms with Crippen LogP contribution in [0.2, 0.25) is 5.02 Å². The Morgan fingerprint density at radius 1 is 1.06 bits per heavy atom. The van der Waals surface area contributed by atoms with Gasteiger partial charge in [-0.05, 0) is 24.1 Å². The molecule has 0 aliphatic heterocycles. The van der Waals surface area contributed by atoms with Crippen LogP contribution in [0.25, 0.3) is 0 Å². The maximum atomic E-state index is 6.01. The minimum atomic E-state index is -0.380. The summed E-state index contributed by atoms with van der Waals surface area (Å²) in [5, 5.41) is 3.79. The van der Waals surface area contributed by atoms with Crippen molar-refractivity contribution < 1.29 is 0 Å². The van der Waals surface area contributed by atoms with Gasteiger partial charge >= 0.3 is 0 Å². The van der Waals surface area contributed by atoms with Gasteiger partial charge in [-0.3, -0.25) is 0 Å². The van der Waals surface area contributed by atoms with Crippen LogP contribution in [0.1, 0.15) is 12.5 Å². The molecule has 0 radical (unpaired) electrons. The van der Waals surface area contributed by atoms with Crippen molar-refractivity contribution in [2.75, 3.05) is 0 Å². The van der Waals surface area contributed by atoms with Crippen LogP contribution in [-0.4, -0.2) is 9.52 Å².